The number of rotatable bonds is 0. The van der Waals surface area contributed by atoms with Crippen molar-refractivity contribution < 1.29 is 52.4 Å². The smallest absolute Gasteiger partial charge is 0 e. The van der Waals surface area contributed by atoms with Crippen LogP contribution in [0.3, 0.4) is 0 Å². The Morgan fingerprint density at radius 3 is 1.00 bits per heavy atom. The van der Waals surface area contributed by atoms with Gasteiger partial charge in [0.25, 0.3) is 0 Å². The Bertz CT molecular complexity index is 7.61. The molecule has 0 N–H and O–H groups in total. The van der Waals surface area contributed by atoms with Crippen molar-refractivity contribution in [1.29, 1.82) is 0 Å². The molecule has 1 nitrogen and oxygen atoms in total. The van der Waals surface area contributed by atoms with Crippen molar-refractivity contribution in [2.75, 3.05) is 14.1 Å². The molecule has 0 aliphatic carbocycles. The number of hydrogen-bond acceptors (Lipinski definition) is 0. The van der Waals surface area contributed by atoms with Gasteiger partial charge in [0.15, 0.2) is 0 Å². The molecule has 0 radical (unpaired) electrons. The van der Waals surface area contributed by atoms with Crippen molar-refractivity contribution in [3.05, 3.63) is 5.32 Å². The van der Waals surface area contributed by atoms with E-state index >= 15 is 0 Å². The van der Waals surface area contributed by atoms with E-state index in [1.165, 1.54) is 0 Å². The summed E-state index contributed by atoms with van der Waals surface area (Å²) in [6.45, 7) is 0. The SMILES string of the molecule is C[N-]C.[Zr].[Zr]. The molecule has 0 unspecified atom stereocenters. The van der Waals surface area contributed by atoms with Gasteiger partial charge in [-0.1, -0.05) is 0 Å². The third-order valence-corrected chi connectivity index (χ3v) is 0. The Labute approximate surface area is 71.2 Å². The Morgan fingerprint density at radius 2 is 1.00 bits per heavy atom. The van der Waals surface area contributed by atoms with Gasteiger partial charge in [-0.3, -0.25) is 0 Å². The monoisotopic (exact) mass is 224 g/mol. The van der Waals surface area contributed by atoms with E-state index < -0.39 is 0 Å². The molecule has 0 aliphatic rings. The summed E-state index contributed by atoms with van der Waals surface area (Å²) in [7, 11) is 3.50. The summed E-state index contributed by atoms with van der Waals surface area (Å²) in [6, 6.07) is 0. The minimum atomic E-state index is 0. The third-order valence-electron chi connectivity index (χ3n) is 0. The van der Waals surface area contributed by atoms with Gasteiger partial charge >= 0.3 is 0 Å². The van der Waals surface area contributed by atoms with Gasteiger partial charge in [-0.2, -0.15) is 14.1 Å². The first-order valence-corrected chi connectivity index (χ1v) is 0.894. The summed E-state index contributed by atoms with van der Waals surface area (Å²) in [5.41, 5.74) is 0. The Balaban J connectivity index is -0.0000000200. The zero-order valence-corrected chi connectivity index (χ0v) is 8.36. The molecular weight excluding hydrogens is 220 g/mol. The molecule has 0 saturated carbocycles. The van der Waals surface area contributed by atoms with Crippen LogP contribution in [-0.4, -0.2) is 14.1 Å². The fourth-order valence-electron chi connectivity index (χ4n) is 0. The maximum absolute atomic E-state index is 3.50. The van der Waals surface area contributed by atoms with Crippen LogP contribution < -0.4 is 0 Å². The standard InChI is InChI=1S/C2H6N.2Zr/c1-3-2;;/h1-2H3;;/q-1;;. The molecule has 0 atom stereocenters. The second kappa shape index (κ2) is 17.2. The van der Waals surface area contributed by atoms with Crippen molar-refractivity contribution in [3.63, 3.8) is 0 Å². The van der Waals surface area contributed by atoms with Crippen LogP contribution >= 0.6 is 0 Å². The molecule has 0 aliphatic heterocycles. The van der Waals surface area contributed by atoms with Gasteiger partial charge in [0.05, 0.1) is 0 Å². The molecule has 0 aromatic heterocycles. The predicted molar refractivity (Wildman–Crippen MR) is 15.2 cm³/mol. The molecule has 3 heteroatoms. The van der Waals surface area contributed by atoms with Gasteiger partial charge in [-0.15, -0.1) is 0 Å². The van der Waals surface area contributed by atoms with Crippen LogP contribution in [0.15, 0.2) is 0 Å². The van der Waals surface area contributed by atoms with Gasteiger partial charge in [0, 0.05) is 52.4 Å². The molecule has 0 amide bonds. The largest absolute Gasteiger partial charge is 0.668 e. The van der Waals surface area contributed by atoms with E-state index in [-0.39, 0.29) is 52.4 Å². The maximum Gasteiger partial charge on any atom is 0 e. The average molecular weight is 227 g/mol. The molecule has 0 fully saturated rings. The molecule has 0 heterocycles. The minimum absolute atomic E-state index is 0. The zero-order valence-electron chi connectivity index (χ0n) is 3.45. The van der Waals surface area contributed by atoms with Crippen molar-refractivity contribution in [1.82, 2.24) is 0 Å². The topological polar surface area (TPSA) is 14.1 Å². The minimum Gasteiger partial charge on any atom is -0.668 e. The summed E-state index contributed by atoms with van der Waals surface area (Å²) in [4.78, 5) is 0. The van der Waals surface area contributed by atoms with Crippen LogP contribution in [0.1, 0.15) is 0 Å². The van der Waals surface area contributed by atoms with Gasteiger partial charge < -0.3 is 5.32 Å². The summed E-state index contributed by atoms with van der Waals surface area (Å²) in [6.07, 6.45) is 0. The Morgan fingerprint density at radius 1 is 1.00 bits per heavy atom. The molecule has 5 heavy (non-hydrogen) atoms. The van der Waals surface area contributed by atoms with E-state index in [0.717, 1.165) is 0 Å². The third kappa shape index (κ3) is 26.7. The molecule has 0 rings (SSSR count). The Hall–Kier alpha value is 1.73. The van der Waals surface area contributed by atoms with E-state index in [1.807, 2.05) is 0 Å². The van der Waals surface area contributed by atoms with Crippen LogP contribution in [0, 0.1) is 0 Å². The van der Waals surface area contributed by atoms with E-state index in [2.05, 4.69) is 5.32 Å². The van der Waals surface area contributed by atoms with E-state index in [0.29, 0.717) is 0 Å². The second-order valence-electron chi connectivity index (χ2n) is 0.447. The fraction of sp³-hybridized carbons (Fsp3) is 1.00. The first-order valence-electron chi connectivity index (χ1n) is 0.894. The van der Waals surface area contributed by atoms with Crippen LogP contribution in [-0.2, 0) is 52.4 Å². The van der Waals surface area contributed by atoms with E-state index in [1.54, 1.807) is 14.1 Å². The summed E-state index contributed by atoms with van der Waals surface area (Å²) >= 11 is 0. The average Bonchev–Trinajstić information content (AvgIpc) is 0.918. The number of hydrogen-bond donors (Lipinski definition) is 0. The van der Waals surface area contributed by atoms with E-state index in [9.17, 15) is 0 Å². The molecular formula is C2H6NZr2-. The quantitative estimate of drug-likeness (QED) is 0.575. The van der Waals surface area contributed by atoms with Gasteiger partial charge in [0.1, 0.15) is 0 Å². The molecule has 0 bridgehead atoms. The first kappa shape index (κ1) is 15.9. The van der Waals surface area contributed by atoms with Gasteiger partial charge in [-0.25, -0.2) is 0 Å². The molecule has 0 spiro atoms. The van der Waals surface area contributed by atoms with Crippen LogP contribution in [0.4, 0.5) is 0 Å². The van der Waals surface area contributed by atoms with Gasteiger partial charge in [-0.05, 0) is 0 Å². The van der Waals surface area contributed by atoms with Crippen molar-refractivity contribution >= 4 is 0 Å². The molecule has 28 valence electrons. The fourth-order valence-corrected chi connectivity index (χ4v) is 0. The molecule has 0 saturated heterocycles. The molecule has 0 aromatic carbocycles. The van der Waals surface area contributed by atoms with Crippen molar-refractivity contribution in [3.8, 4) is 0 Å². The maximum atomic E-state index is 3.50. The van der Waals surface area contributed by atoms with Crippen LogP contribution in [0.5, 0.6) is 0 Å². The normalized spacial score (nSPS) is 3.60. The summed E-state index contributed by atoms with van der Waals surface area (Å²) in [5.74, 6) is 0. The summed E-state index contributed by atoms with van der Waals surface area (Å²) < 4.78 is 0. The van der Waals surface area contributed by atoms with Crippen LogP contribution in [0.2, 0.25) is 0 Å². The van der Waals surface area contributed by atoms with Crippen LogP contribution in [0.25, 0.3) is 5.32 Å². The Kier molecular flexibility index (Phi) is 54.7. The second-order valence-corrected chi connectivity index (χ2v) is 0.447. The predicted octanol–water partition coefficient (Wildman–Crippen LogP) is 0.615. The van der Waals surface area contributed by atoms with E-state index in [4.69, 9.17) is 0 Å². The zero-order chi connectivity index (χ0) is 2.71. The number of nitrogens with zero attached hydrogens (tertiary/aromatic N) is 1. The van der Waals surface area contributed by atoms with Crippen molar-refractivity contribution in [2.24, 2.45) is 0 Å². The summed E-state index contributed by atoms with van der Waals surface area (Å²) in [5, 5.41) is 3.50. The van der Waals surface area contributed by atoms with Crippen molar-refractivity contribution in [2.45, 2.75) is 0 Å². The first-order chi connectivity index (χ1) is 1.41. The van der Waals surface area contributed by atoms with Gasteiger partial charge in [0.2, 0.25) is 0 Å². The molecule has 0 aromatic rings.